The Bertz CT molecular complexity index is 483. The lowest BCUT2D eigenvalue weighted by molar-refractivity contribution is -0.671. The molecule has 1 aromatic heterocycles. The van der Waals surface area contributed by atoms with Crippen LogP contribution in [-0.2, 0) is 7.05 Å². The molecule has 0 bridgehead atoms. The van der Waals surface area contributed by atoms with Gasteiger partial charge >= 0.3 is 0 Å². The highest BCUT2D eigenvalue weighted by atomic mass is 16.2. The average Bonchev–Trinajstić information content (AvgIpc) is 2.52. The molecule has 0 unspecified atom stereocenters. The van der Waals surface area contributed by atoms with Gasteiger partial charge in [-0.05, 0) is 31.7 Å². The van der Waals surface area contributed by atoms with E-state index < -0.39 is 0 Å². The normalized spacial score (nSPS) is 10.8. The average molecular weight is 302 g/mol. The third-order valence-corrected chi connectivity index (χ3v) is 3.45. The fourth-order valence-corrected chi connectivity index (χ4v) is 2.19. The Labute approximate surface area is 133 Å². The van der Waals surface area contributed by atoms with Crippen LogP contribution < -0.4 is 9.99 Å². The van der Waals surface area contributed by atoms with Crippen LogP contribution >= 0.6 is 0 Å². The maximum atomic E-state index is 11.8. The number of unbranched alkanes of at least 4 members (excludes halogenated alkanes) is 7. The van der Waals surface area contributed by atoms with Crippen molar-refractivity contribution in [3.05, 3.63) is 42.7 Å². The molecule has 22 heavy (non-hydrogen) atoms. The Morgan fingerprint density at radius 2 is 1.91 bits per heavy atom. The number of hydrazone groups is 1. The summed E-state index contributed by atoms with van der Waals surface area (Å²) in [4.78, 5) is 11.8. The Hall–Kier alpha value is -1.97. The zero-order valence-electron chi connectivity index (χ0n) is 13.6. The summed E-state index contributed by atoms with van der Waals surface area (Å²) in [6, 6.07) is 3.62. The number of rotatable bonds is 11. The molecule has 4 heteroatoms. The molecular weight excluding hydrogens is 274 g/mol. The van der Waals surface area contributed by atoms with Gasteiger partial charge in [-0.2, -0.15) is 5.10 Å². The van der Waals surface area contributed by atoms with Crippen molar-refractivity contribution in [2.75, 3.05) is 0 Å². The van der Waals surface area contributed by atoms with Gasteiger partial charge in [-0.1, -0.05) is 31.8 Å². The molecule has 120 valence electrons. The van der Waals surface area contributed by atoms with Crippen LogP contribution in [0.2, 0.25) is 0 Å². The minimum Gasteiger partial charge on any atom is -0.267 e. The van der Waals surface area contributed by atoms with Gasteiger partial charge in [-0.25, -0.2) is 9.99 Å². The SMILES string of the molecule is C=CCCCCCCCC/C=N/NC(=O)c1ccc[n+](C)c1. The van der Waals surface area contributed by atoms with Gasteiger partial charge in [0.15, 0.2) is 12.4 Å². The van der Waals surface area contributed by atoms with Crippen molar-refractivity contribution < 1.29 is 9.36 Å². The van der Waals surface area contributed by atoms with Gasteiger partial charge < -0.3 is 0 Å². The summed E-state index contributed by atoms with van der Waals surface area (Å²) in [7, 11) is 1.89. The highest BCUT2D eigenvalue weighted by molar-refractivity contribution is 5.93. The van der Waals surface area contributed by atoms with Gasteiger partial charge in [0.05, 0.1) is 0 Å². The lowest BCUT2D eigenvalue weighted by Crippen LogP contribution is -2.29. The lowest BCUT2D eigenvalue weighted by Gasteiger charge is -1.99. The van der Waals surface area contributed by atoms with Crippen molar-refractivity contribution in [3.63, 3.8) is 0 Å². The Balaban J connectivity index is 2.04. The molecule has 0 aliphatic rings. The van der Waals surface area contributed by atoms with Gasteiger partial charge in [0, 0.05) is 12.3 Å². The van der Waals surface area contributed by atoms with Crippen LogP contribution in [0.1, 0.15) is 61.7 Å². The van der Waals surface area contributed by atoms with Crippen LogP contribution in [0.5, 0.6) is 0 Å². The number of nitrogens with zero attached hydrogens (tertiary/aromatic N) is 2. The van der Waals surface area contributed by atoms with Gasteiger partial charge in [0.1, 0.15) is 12.6 Å². The number of pyridine rings is 1. The Morgan fingerprint density at radius 1 is 1.23 bits per heavy atom. The van der Waals surface area contributed by atoms with Crippen LogP contribution in [0, 0.1) is 0 Å². The molecule has 1 aromatic rings. The zero-order chi connectivity index (χ0) is 16.0. The number of hydrogen-bond acceptors (Lipinski definition) is 2. The molecule has 1 rings (SSSR count). The van der Waals surface area contributed by atoms with E-state index in [9.17, 15) is 4.79 Å². The molecule has 0 fully saturated rings. The summed E-state index contributed by atoms with van der Waals surface area (Å²) >= 11 is 0. The molecule has 0 aliphatic heterocycles. The first-order valence-corrected chi connectivity index (χ1v) is 8.12. The van der Waals surface area contributed by atoms with Crippen LogP contribution in [0.25, 0.3) is 0 Å². The van der Waals surface area contributed by atoms with E-state index in [-0.39, 0.29) is 5.91 Å². The minimum atomic E-state index is -0.172. The molecule has 0 saturated heterocycles. The smallest absolute Gasteiger partial charge is 0.267 e. The number of aryl methyl sites for hydroxylation is 1. The van der Waals surface area contributed by atoms with E-state index in [1.807, 2.05) is 30.0 Å². The van der Waals surface area contributed by atoms with E-state index in [1.54, 1.807) is 18.5 Å². The zero-order valence-corrected chi connectivity index (χ0v) is 13.6. The summed E-state index contributed by atoms with van der Waals surface area (Å²) in [5, 5.41) is 3.99. The van der Waals surface area contributed by atoms with E-state index in [1.165, 1.54) is 32.1 Å². The predicted octanol–water partition coefficient (Wildman–Crippen LogP) is 3.53. The number of amides is 1. The molecule has 0 aromatic carbocycles. The van der Waals surface area contributed by atoms with Crippen molar-refractivity contribution >= 4 is 12.1 Å². The molecule has 0 spiro atoms. The second-order valence-corrected chi connectivity index (χ2v) is 5.50. The first-order chi connectivity index (χ1) is 10.7. The number of carbonyl (C=O) groups is 1. The molecule has 1 heterocycles. The Morgan fingerprint density at radius 3 is 2.59 bits per heavy atom. The molecule has 1 amide bonds. The van der Waals surface area contributed by atoms with Crippen LogP contribution in [0.3, 0.4) is 0 Å². The second-order valence-electron chi connectivity index (χ2n) is 5.50. The van der Waals surface area contributed by atoms with E-state index in [4.69, 9.17) is 0 Å². The summed E-state index contributed by atoms with van der Waals surface area (Å²) in [6.45, 7) is 3.73. The highest BCUT2D eigenvalue weighted by Gasteiger charge is 2.06. The van der Waals surface area contributed by atoms with E-state index in [2.05, 4.69) is 17.1 Å². The summed E-state index contributed by atoms with van der Waals surface area (Å²) in [5.41, 5.74) is 3.17. The van der Waals surface area contributed by atoms with E-state index >= 15 is 0 Å². The molecule has 0 atom stereocenters. The lowest BCUT2D eigenvalue weighted by atomic mass is 10.1. The maximum absolute atomic E-state index is 11.8. The molecular formula is C18H28N3O+. The largest absolute Gasteiger partial charge is 0.277 e. The minimum absolute atomic E-state index is 0.172. The first-order valence-electron chi connectivity index (χ1n) is 8.12. The van der Waals surface area contributed by atoms with Crippen molar-refractivity contribution in [1.29, 1.82) is 0 Å². The van der Waals surface area contributed by atoms with Crippen LogP contribution in [-0.4, -0.2) is 12.1 Å². The first kappa shape index (κ1) is 18.1. The van der Waals surface area contributed by atoms with Crippen LogP contribution in [0.4, 0.5) is 0 Å². The number of nitrogens with one attached hydrogen (secondary N) is 1. The fraction of sp³-hybridized carbons (Fsp3) is 0.500. The Kier molecular flexibility index (Phi) is 9.59. The summed E-state index contributed by atoms with van der Waals surface area (Å²) in [5.74, 6) is -0.172. The fourth-order valence-electron chi connectivity index (χ4n) is 2.19. The molecule has 0 aliphatic carbocycles. The highest BCUT2D eigenvalue weighted by Crippen LogP contribution is 2.08. The summed E-state index contributed by atoms with van der Waals surface area (Å²) in [6.07, 6.45) is 17.0. The quantitative estimate of drug-likeness (QED) is 0.219. The molecule has 0 saturated carbocycles. The summed E-state index contributed by atoms with van der Waals surface area (Å²) < 4.78 is 1.84. The second kappa shape index (κ2) is 11.7. The van der Waals surface area contributed by atoms with Crippen molar-refractivity contribution in [2.24, 2.45) is 12.1 Å². The molecule has 1 N–H and O–H groups in total. The van der Waals surface area contributed by atoms with E-state index in [0.717, 1.165) is 19.3 Å². The number of aromatic nitrogens is 1. The number of carbonyl (C=O) groups excluding carboxylic acids is 1. The standard InChI is InChI=1S/C18H27N3O/c1-3-4-5-6-7-8-9-10-11-14-19-20-18(22)17-13-12-15-21(2)16-17/h3,12-16H,1,4-11H2,2H3/p+1/b19-14+. The van der Waals surface area contributed by atoms with Crippen molar-refractivity contribution in [3.8, 4) is 0 Å². The van der Waals surface area contributed by atoms with Crippen LogP contribution in [0.15, 0.2) is 42.3 Å². The van der Waals surface area contributed by atoms with Crippen molar-refractivity contribution in [1.82, 2.24) is 5.43 Å². The monoisotopic (exact) mass is 302 g/mol. The van der Waals surface area contributed by atoms with E-state index in [0.29, 0.717) is 5.56 Å². The molecule has 0 radical (unpaired) electrons. The topological polar surface area (TPSA) is 45.3 Å². The van der Waals surface area contributed by atoms with Gasteiger partial charge in [-0.3, -0.25) is 4.79 Å². The van der Waals surface area contributed by atoms with Crippen molar-refractivity contribution in [2.45, 2.75) is 51.4 Å². The third-order valence-electron chi connectivity index (χ3n) is 3.45. The third kappa shape index (κ3) is 8.35. The maximum Gasteiger partial charge on any atom is 0.277 e. The van der Waals surface area contributed by atoms with Gasteiger partial charge in [0.25, 0.3) is 5.91 Å². The predicted molar refractivity (Wildman–Crippen MR) is 90.7 cm³/mol. The van der Waals surface area contributed by atoms with Gasteiger partial charge in [-0.15, -0.1) is 6.58 Å². The number of allylic oxidation sites excluding steroid dienone is 1. The molecule has 4 nitrogen and oxygen atoms in total. The number of hydrogen-bond donors (Lipinski definition) is 1. The van der Waals surface area contributed by atoms with Gasteiger partial charge in [0.2, 0.25) is 0 Å².